The van der Waals surface area contributed by atoms with Gasteiger partial charge in [0.05, 0.1) is 4.90 Å². The minimum atomic E-state index is -3.87. The molecule has 2 aromatic rings. The number of amides is 1. The zero-order valence-electron chi connectivity index (χ0n) is 9.94. The predicted molar refractivity (Wildman–Crippen MR) is 67.8 cm³/mol. The first kappa shape index (κ1) is 13.0. The maximum absolute atomic E-state index is 12.1. The van der Waals surface area contributed by atoms with Crippen molar-refractivity contribution in [3.63, 3.8) is 0 Å². The van der Waals surface area contributed by atoms with Crippen molar-refractivity contribution in [2.75, 3.05) is 11.1 Å². The molecule has 2 rings (SSSR count). The Bertz CT molecular complexity index is 705. The number of nitrogens with two attached hydrogens (primary N) is 1. The number of rotatable bonds is 3. The van der Waals surface area contributed by atoms with Gasteiger partial charge in [-0.15, -0.1) is 9.19 Å². The van der Waals surface area contributed by atoms with Crippen LogP contribution >= 0.6 is 0 Å². The predicted octanol–water partition coefficient (Wildman–Crippen LogP) is 0.0557. The van der Waals surface area contributed by atoms with E-state index in [1.165, 1.54) is 31.2 Å². The van der Waals surface area contributed by atoms with Gasteiger partial charge < -0.3 is 11.1 Å². The van der Waals surface area contributed by atoms with E-state index in [-0.39, 0.29) is 16.8 Å². The summed E-state index contributed by atoms with van der Waals surface area (Å²) in [6.45, 7) is 1.36. The molecule has 0 saturated carbocycles. The van der Waals surface area contributed by atoms with E-state index in [0.29, 0.717) is 9.77 Å². The number of nitrogens with one attached hydrogen (secondary N) is 1. The van der Waals surface area contributed by atoms with Crippen molar-refractivity contribution >= 4 is 27.6 Å². The van der Waals surface area contributed by atoms with Gasteiger partial charge in [-0.05, 0) is 24.3 Å². The van der Waals surface area contributed by atoms with Gasteiger partial charge in [-0.3, -0.25) is 4.79 Å². The molecule has 0 saturated heterocycles. The summed E-state index contributed by atoms with van der Waals surface area (Å²) in [6, 6.07) is 5.65. The lowest BCUT2D eigenvalue weighted by molar-refractivity contribution is -0.114. The summed E-state index contributed by atoms with van der Waals surface area (Å²) >= 11 is 0. The molecule has 0 aliphatic rings. The van der Waals surface area contributed by atoms with Gasteiger partial charge in [-0.2, -0.15) is 13.4 Å². The molecule has 0 atom stereocenters. The Labute approximate surface area is 109 Å². The number of nitrogen functional groups attached to an aromatic ring is 1. The van der Waals surface area contributed by atoms with Gasteiger partial charge >= 0.3 is 0 Å². The maximum atomic E-state index is 12.1. The number of nitrogens with zero attached hydrogens (tertiary/aromatic N) is 3. The maximum Gasteiger partial charge on any atom is 0.286 e. The lowest BCUT2D eigenvalue weighted by atomic mass is 10.3. The number of carbonyl (C=O) groups is 1. The molecular formula is C10H11N5O3S. The average Bonchev–Trinajstić information content (AvgIpc) is 2.76. The molecule has 9 heteroatoms. The van der Waals surface area contributed by atoms with Crippen LogP contribution in [-0.4, -0.2) is 28.5 Å². The van der Waals surface area contributed by atoms with Crippen LogP contribution in [0, 0.1) is 0 Å². The molecule has 1 heterocycles. The van der Waals surface area contributed by atoms with E-state index >= 15 is 0 Å². The molecule has 0 spiro atoms. The standard InChI is InChI=1S/C10H11N5O3S/c1-7(16)14-8-2-4-9(5-3-8)19(17,18)15-10(11)12-6-13-15/h2-6H,1H3,(H,14,16)(H2,11,12,13). The molecule has 0 bridgehead atoms. The number of anilines is 2. The SMILES string of the molecule is CC(=O)Nc1ccc(S(=O)(=O)n2ncnc2N)cc1. The van der Waals surface area contributed by atoms with E-state index in [9.17, 15) is 13.2 Å². The fourth-order valence-electron chi connectivity index (χ4n) is 1.44. The Morgan fingerprint density at radius 3 is 2.42 bits per heavy atom. The second kappa shape index (κ2) is 4.69. The smallest absolute Gasteiger partial charge is 0.286 e. The van der Waals surface area contributed by atoms with E-state index in [2.05, 4.69) is 15.4 Å². The second-order valence-corrected chi connectivity index (χ2v) is 5.44. The molecule has 3 N–H and O–H groups in total. The fourth-order valence-corrected chi connectivity index (χ4v) is 2.58. The van der Waals surface area contributed by atoms with Crippen molar-refractivity contribution in [2.45, 2.75) is 11.8 Å². The first-order valence-corrected chi connectivity index (χ1v) is 6.64. The fraction of sp³-hybridized carbons (Fsp3) is 0.100. The summed E-state index contributed by atoms with van der Waals surface area (Å²) in [5.41, 5.74) is 5.91. The van der Waals surface area contributed by atoms with Gasteiger partial charge in [0.25, 0.3) is 10.0 Å². The lowest BCUT2D eigenvalue weighted by Gasteiger charge is -2.06. The van der Waals surface area contributed by atoms with Crippen molar-refractivity contribution in [2.24, 2.45) is 0 Å². The molecule has 1 amide bonds. The van der Waals surface area contributed by atoms with Crippen LogP contribution in [0.1, 0.15) is 6.92 Å². The van der Waals surface area contributed by atoms with Crippen LogP contribution in [0.25, 0.3) is 0 Å². The van der Waals surface area contributed by atoms with Crippen LogP contribution in [-0.2, 0) is 14.8 Å². The number of aromatic nitrogens is 3. The average molecular weight is 281 g/mol. The van der Waals surface area contributed by atoms with Gasteiger partial charge in [-0.1, -0.05) is 0 Å². The Morgan fingerprint density at radius 2 is 1.95 bits per heavy atom. The molecule has 1 aromatic heterocycles. The molecule has 19 heavy (non-hydrogen) atoms. The third-order valence-electron chi connectivity index (χ3n) is 2.24. The minimum absolute atomic E-state index is 0.00111. The van der Waals surface area contributed by atoms with Crippen LogP contribution in [0.15, 0.2) is 35.5 Å². The molecule has 1 aromatic carbocycles. The van der Waals surface area contributed by atoms with Crippen LogP contribution in [0.2, 0.25) is 0 Å². The third-order valence-corrected chi connectivity index (χ3v) is 3.85. The molecule has 0 fully saturated rings. The normalized spacial score (nSPS) is 11.2. The molecular weight excluding hydrogens is 270 g/mol. The van der Waals surface area contributed by atoms with Crippen LogP contribution in [0.4, 0.5) is 11.6 Å². The molecule has 0 aliphatic heterocycles. The third kappa shape index (κ3) is 2.55. The van der Waals surface area contributed by atoms with Crippen molar-refractivity contribution in [1.29, 1.82) is 0 Å². The van der Waals surface area contributed by atoms with Gasteiger partial charge in [0, 0.05) is 12.6 Å². The Balaban J connectivity index is 2.37. The van der Waals surface area contributed by atoms with Gasteiger partial charge in [0.1, 0.15) is 6.33 Å². The molecule has 100 valence electrons. The topological polar surface area (TPSA) is 120 Å². The summed E-state index contributed by atoms with van der Waals surface area (Å²) in [7, 11) is -3.87. The Morgan fingerprint density at radius 1 is 1.32 bits per heavy atom. The Kier molecular flexibility index (Phi) is 3.21. The minimum Gasteiger partial charge on any atom is -0.367 e. The van der Waals surface area contributed by atoms with Crippen molar-refractivity contribution in [1.82, 2.24) is 14.2 Å². The first-order valence-electron chi connectivity index (χ1n) is 5.20. The van der Waals surface area contributed by atoms with Gasteiger partial charge in [0.2, 0.25) is 11.9 Å². The van der Waals surface area contributed by atoms with Gasteiger partial charge in [0.15, 0.2) is 0 Å². The highest BCUT2D eigenvalue weighted by Crippen LogP contribution is 2.17. The number of hydrogen-bond acceptors (Lipinski definition) is 6. The summed E-state index contributed by atoms with van der Waals surface area (Å²) in [4.78, 5) is 14.4. The van der Waals surface area contributed by atoms with Crippen LogP contribution < -0.4 is 11.1 Å². The molecule has 0 unspecified atom stereocenters. The Hall–Kier alpha value is -2.42. The van der Waals surface area contributed by atoms with E-state index in [1.807, 2.05) is 0 Å². The van der Waals surface area contributed by atoms with Crippen molar-refractivity contribution in [3.8, 4) is 0 Å². The largest absolute Gasteiger partial charge is 0.367 e. The highest BCUT2D eigenvalue weighted by atomic mass is 32.2. The number of benzene rings is 1. The quantitative estimate of drug-likeness (QED) is 0.820. The van der Waals surface area contributed by atoms with Crippen LogP contribution in [0.5, 0.6) is 0 Å². The molecule has 0 radical (unpaired) electrons. The second-order valence-electron chi connectivity index (χ2n) is 3.67. The number of hydrogen-bond donors (Lipinski definition) is 2. The highest BCUT2D eigenvalue weighted by molar-refractivity contribution is 7.90. The van der Waals surface area contributed by atoms with Gasteiger partial charge in [-0.25, -0.2) is 0 Å². The van der Waals surface area contributed by atoms with E-state index < -0.39 is 10.0 Å². The monoisotopic (exact) mass is 281 g/mol. The number of carbonyl (C=O) groups excluding carboxylic acids is 1. The summed E-state index contributed by atoms with van der Waals surface area (Å²) < 4.78 is 24.9. The summed E-state index contributed by atoms with van der Waals surface area (Å²) in [5.74, 6) is -0.456. The molecule has 0 aliphatic carbocycles. The zero-order valence-corrected chi connectivity index (χ0v) is 10.8. The van der Waals surface area contributed by atoms with E-state index in [1.54, 1.807) is 0 Å². The van der Waals surface area contributed by atoms with E-state index in [0.717, 1.165) is 6.33 Å². The zero-order chi connectivity index (χ0) is 14.0. The summed E-state index contributed by atoms with van der Waals surface area (Å²) in [6.07, 6.45) is 1.05. The van der Waals surface area contributed by atoms with Crippen molar-refractivity contribution < 1.29 is 13.2 Å². The van der Waals surface area contributed by atoms with Crippen molar-refractivity contribution in [3.05, 3.63) is 30.6 Å². The van der Waals surface area contributed by atoms with E-state index in [4.69, 9.17) is 5.73 Å². The summed E-state index contributed by atoms with van der Waals surface area (Å²) in [5, 5.41) is 6.09. The molecule has 8 nitrogen and oxygen atoms in total. The first-order chi connectivity index (χ1) is 8.91. The lowest BCUT2D eigenvalue weighted by Crippen LogP contribution is -2.17. The highest BCUT2D eigenvalue weighted by Gasteiger charge is 2.20. The van der Waals surface area contributed by atoms with Crippen LogP contribution in [0.3, 0.4) is 0 Å².